The predicted molar refractivity (Wildman–Crippen MR) is 85.4 cm³/mol. The standard InChI is InChI=1S/C17H25ClN2/c1-20-11-15(14-5-7-16(18)8-6-14)9-17(12-20)19-10-13-3-2-4-13/h5-8,13,15,17,19H,2-4,9-12H2,1H3. The summed E-state index contributed by atoms with van der Waals surface area (Å²) in [6.07, 6.45) is 5.54. The van der Waals surface area contributed by atoms with E-state index < -0.39 is 0 Å². The summed E-state index contributed by atoms with van der Waals surface area (Å²) in [5.74, 6) is 1.57. The molecule has 1 aromatic carbocycles. The summed E-state index contributed by atoms with van der Waals surface area (Å²) in [5.41, 5.74) is 1.43. The number of rotatable bonds is 4. The van der Waals surface area contributed by atoms with Gasteiger partial charge < -0.3 is 10.2 Å². The van der Waals surface area contributed by atoms with Gasteiger partial charge in [-0.25, -0.2) is 0 Å². The molecule has 1 aromatic rings. The number of hydrogen-bond donors (Lipinski definition) is 1. The van der Waals surface area contributed by atoms with Gasteiger partial charge in [0.25, 0.3) is 0 Å². The lowest BCUT2D eigenvalue weighted by atomic mass is 9.84. The van der Waals surface area contributed by atoms with E-state index in [1.807, 2.05) is 12.1 Å². The third-order valence-corrected chi connectivity index (χ3v) is 5.15. The van der Waals surface area contributed by atoms with Crippen LogP contribution in [0.5, 0.6) is 0 Å². The zero-order chi connectivity index (χ0) is 13.9. The topological polar surface area (TPSA) is 15.3 Å². The number of halogens is 1. The first-order chi connectivity index (χ1) is 9.70. The number of likely N-dealkylation sites (tertiary alicyclic amines) is 1. The lowest BCUT2D eigenvalue weighted by Gasteiger charge is -2.38. The molecule has 1 N–H and O–H groups in total. The van der Waals surface area contributed by atoms with Crippen LogP contribution < -0.4 is 5.32 Å². The molecule has 0 bridgehead atoms. The molecule has 2 nitrogen and oxygen atoms in total. The van der Waals surface area contributed by atoms with Crippen LogP contribution in [-0.2, 0) is 0 Å². The van der Waals surface area contributed by atoms with Gasteiger partial charge in [0, 0.05) is 24.2 Å². The highest BCUT2D eigenvalue weighted by atomic mass is 35.5. The third-order valence-electron chi connectivity index (χ3n) is 4.89. The third kappa shape index (κ3) is 3.55. The number of hydrogen-bond acceptors (Lipinski definition) is 2. The van der Waals surface area contributed by atoms with Crippen molar-refractivity contribution >= 4 is 11.6 Å². The van der Waals surface area contributed by atoms with E-state index in [9.17, 15) is 0 Å². The summed E-state index contributed by atoms with van der Waals surface area (Å²) in [5, 5.41) is 4.63. The second kappa shape index (κ2) is 6.46. The molecule has 2 aliphatic rings. The fourth-order valence-corrected chi connectivity index (χ4v) is 3.60. The maximum absolute atomic E-state index is 5.99. The molecular weight excluding hydrogens is 268 g/mol. The van der Waals surface area contributed by atoms with Crippen molar-refractivity contribution in [2.45, 2.75) is 37.6 Å². The number of benzene rings is 1. The second-order valence-corrected chi connectivity index (χ2v) is 7.04. The van der Waals surface area contributed by atoms with Crippen LogP contribution in [0.4, 0.5) is 0 Å². The molecule has 2 unspecified atom stereocenters. The molecule has 2 fully saturated rings. The van der Waals surface area contributed by atoms with Crippen molar-refractivity contribution in [2.24, 2.45) is 5.92 Å². The lowest BCUT2D eigenvalue weighted by molar-refractivity contribution is 0.190. The molecule has 1 aliphatic heterocycles. The SMILES string of the molecule is CN1CC(NCC2CCC2)CC(c2ccc(Cl)cc2)C1. The van der Waals surface area contributed by atoms with Crippen LogP contribution in [0.3, 0.4) is 0 Å². The van der Waals surface area contributed by atoms with Crippen LogP contribution in [0, 0.1) is 5.92 Å². The highest BCUT2D eigenvalue weighted by Crippen LogP contribution is 2.29. The Kier molecular flexibility index (Phi) is 4.65. The molecule has 0 spiro atoms. The Morgan fingerprint density at radius 1 is 1.20 bits per heavy atom. The van der Waals surface area contributed by atoms with Gasteiger partial charge in [-0.15, -0.1) is 0 Å². The summed E-state index contributed by atoms with van der Waals surface area (Å²) in [6, 6.07) is 9.05. The van der Waals surface area contributed by atoms with Crippen molar-refractivity contribution in [3.63, 3.8) is 0 Å². The Morgan fingerprint density at radius 3 is 2.60 bits per heavy atom. The van der Waals surface area contributed by atoms with Crippen molar-refractivity contribution in [3.8, 4) is 0 Å². The lowest BCUT2D eigenvalue weighted by Crippen LogP contribution is -2.48. The van der Waals surface area contributed by atoms with Gasteiger partial charge in [0.2, 0.25) is 0 Å². The van der Waals surface area contributed by atoms with Gasteiger partial charge in [-0.3, -0.25) is 0 Å². The van der Waals surface area contributed by atoms with E-state index in [1.165, 1.54) is 44.3 Å². The van der Waals surface area contributed by atoms with Crippen LogP contribution in [0.1, 0.15) is 37.2 Å². The fourth-order valence-electron chi connectivity index (χ4n) is 3.47. The number of piperidine rings is 1. The van der Waals surface area contributed by atoms with Gasteiger partial charge >= 0.3 is 0 Å². The molecule has 1 aliphatic carbocycles. The minimum Gasteiger partial charge on any atom is -0.312 e. The van der Waals surface area contributed by atoms with Crippen LogP contribution in [0.2, 0.25) is 5.02 Å². The van der Waals surface area contributed by atoms with Crippen molar-refractivity contribution in [3.05, 3.63) is 34.9 Å². The quantitative estimate of drug-likeness (QED) is 0.913. The number of likely N-dealkylation sites (N-methyl/N-ethyl adjacent to an activating group) is 1. The summed E-state index contributed by atoms with van der Waals surface area (Å²) in [7, 11) is 2.24. The van der Waals surface area contributed by atoms with Crippen LogP contribution >= 0.6 is 11.6 Å². The molecule has 1 saturated carbocycles. The maximum atomic E-state index is 5.99. The van der Waals surface area contributed by atoms with Crippen molar-refractivity contribution in [1.29, 1.82) is 0 Å². The van der Waals surface area contributed by atoms with Gasteiger partial charge in [0.05, 0.1) is 0 Å². The Bertz CT molecular complexity index is 427. The minimum absolute atomic E-state index is 0.630. The van der Waals surface area contributed by atoms with Crippen LogP contribution in [-0.4, -0.2) is 37.6 Å². The summed E-state index contributed by atoms with van der Waals surface area (Å²) in [6.45, 7) is 3.55. The summed E-state index contributed by atoms with van der Waals surface area (Å²) < 4.78 is 0. The van der Waals surface area contributed by atoms with E-state index in [-0.39, 0.29) is 0 Å². The molecule has 1 heterocycles. The highest BCUT2D eigenvalue weighted by Gasteiger charge is 2.27. The van der Waals surface area contributed by atoms with E-state index in [0.29, 0.717) is 12.0 Å². The van der Waals surface area contributed by atoms with Crippen molar-refractivity contribution in [2.75, 3.05) is 26.7 Å². The zero-order valence-electron chi connectivity index (χ0n) is 12.3. The highest BCUT2D eigenvalue weighted by molar-refractivity contribution is 6.30. The van der Waals surface area contributed by atoms with E-state index in [2.05, 4.69) is 29.4 Å². The molecular formula is C17H25ClN2. The van der Waals surface area contributed by atoms with Crippen LogP contribution in [0.25, 0.3) is 0 Å². The smallest absolute Gasteiger partial charge is 0.0406 e. The number of nitrogens with zero attached hydrogens (tertiary/aromatic N) is 1. The Morgan fingerprint density at radius 2 is 1.95 bits per heavy atom. The molecule has 0 amide bonds. The van der Waals surface area contributed by atoms with Crippen molar-refractivity contribution in [1.82, 2.24) is 10.2 Å². The second-order valence-electron chi connectivity index (χ2n) is 6.61. The maximum Gasteiger partial charge on any atom is 0.0406 e. The molecule has 1 saturated heterocycles. The molecule has 3 heteroatoms. The summed E-state index contributed by atoms with van der Waals surface area (Å²) in [4.78, 5) is 2.46. The van der Waals surface area contributed by atoms with E-state index in [1.54, 1.807) is 0 Å². The first-order valence-corrected chi connectivity index (χ1v) is 8.26. The molecule has 2 atom stereocenters. The molecule has 3 rings (SSSR count). The van der Waals surface area contributed by atoms with E-state index in [4.69, 9.17) is 11.6 Å². The molecule has 110 valence electrons. The fraction of sp³-hybridized carbons (Fsp3) is 0.647. The monoisotopic (exact) mass is 292 g/mol. The average Bonchev–Trinajstić information content (AvgIpc) is 2.37. The van der Waals surface area contributed by atoms with Crippen molar-refractivity contribution < 1.29 is 0 Å². The Hall–Kier alpha value is -0.570. The van der Waals surface area contributed by atoms with Gasteiger partial charge in [0.15, 0.2) is 0 Å². The van der Waals surface area contributed by atoms with Gasteiger partial charge in [-0.05, 0) is 62.4 Å². The normalized spacial score (nSPS) is 28.3. The van der Waals surface area contributed by atoms with Gasteiger partial charge in [-0.1, -0.05) is 30.2 Å². The zero-order valence-corrected chi connectivity index (χ0v) is 13.1. The molecule has 0 radical (unpaired) electrons. The Labute approximate surface area is 127 Å². The first kappa shape index (κ1) is 14.4. The predicted octanol–water partition coefficient (Wildman–Crippen LogP) is 3.52. The largest absolute Gasteiger partial charge is 0.312 e. The van der Waals surface area contributed by atoms with E-state index >= 15 is 0 Å². The number of nitrogens with one attached hydrogen (secondary N) is 1. The average molecular weight is 293 g/mol. The molecule has 20 heavy (non-hydrogen) atoms. The first-order valence-electron chi connectivity index (χ1n) is 7.88. The molecule has 0 aromatic heterocycles. The summed E-state index contributed by atoms with van der Waals surface area (Å²) >= 11 is 5.99. The minimum atomic E-state index is 0.630. The van der Waals surface area contributed by atoms with Gasteiger partial charge in [-0.2, -0.15) is 0 Å². The van der Waals surface area contributed by atoms with Gasteiger partial charge in [0.1, 0.15) is 0 Å². The van der Waals surface area contributed by atoms with Crippen LogP contribution in [0.15, 0.2) is 24.3 Å². The Balaban J connectivity index is 1.58. The van der Waals surface area contributed by atoms with E-state index in [0.717, 1.165) is 17.5 Å².